The van der Waals surface area contributed by atoms with Gasteiger partial charge in [0.05, 0.1) is 24.7 Å². The number of benzene rings is 1. The molecule has 5 heteroatoms. The molecule has 5 nitrogen and oxygen atoms in total. The third-order valence-electron chi connectivity index (χ3n) is 3.54. The van der Waals surface area contributed by atoms with Gasteiger partial charge in [0.15, 0.2) is 11.5 Å². The molecular formula is C15H14O5. The van der Waals surface area contributed by atoms with Gasteiger partial charge in [-0.25, -0.2) is 4.79 Å². The van der Waals surface area contributed by atoms with Crippen LogP contribution in [0.15, 0.2) is 36.1 Å². The van der Waals surface area contributed by atoms with Gasteiger partial charge < -0.3 is 14.2 Å². The molecule has 104 valence electrons. The minimum Gasteiger partial charge on any atom is -0.465 e. The zero-order valence-corrected chi connectivity index (χ0v) is 11.2. The van der Waals surface area contributed by atoms with Gasteiger partial charge in [-0.2, -0.15) is 0 Å². The van der Waals surface area contributed by atoms with E-state index >= 15 is 0 Å². The Morgan fingerprint density at radius 3 is 2.50 bits per heavy atom. The maximum Gasteiger partial charge on any atom is 0.337 e. The van der Waals surface area contributed by atoms with Crippen LogP contribution in [0.25, 0.3) is 0 Å². The Balaban J connectivity index is 1.76. The number of Topliss-reactive ketones (excluding diaryl/α,β-unsaturated/α-hetero) is 1. The standard InChI is InChI=1S/C15H14O5/c1-8(16)12-7-11-13(20-15(11)19-12)9-3-5-10(6-4-9)14(17)18-2/h3-7,11,13,15H,1-2H3/t11-,13-,15+/m1/s1. The first kappa shape index (κ1) is 12.9. The number of esters is 1. The van der Waals surface area contributed by atoms with Crippen molar-refractivity contribution in [2.24, 2.45) is 5.92 Å². The first-order chi connectivity index (χ1) is 9.60. The highest BCUT2D eigenvalue weighted by atomic mass is 16.7. The molecule has 2 aliphatic rings. The monoisotopic (exact) mass is 274 g/mol. The summed E-state index contributed by atoms with van der Waals surface area (Å²) in [7, 11) is 1.35. The predicted molar refractivity (Wildman–Crippen MR) is 68.7 cm³/mol. The number of carbonyl (C=O) groups excluding carboxylic acids is 2. The van der Waals surface area contributed by atoms with E-state index < -0.39 is 0 Å². The quantitative estimate of drug-likeness (QED) is 0.789. The normalized spacial score (nSPS) is 26.9. The SMILES string of the molecule is COC(=O)c1ccc([C@H]2O[C@@H]3OC(C(C)=O)=C[C@@H]32)cc1. The number of allylic oxidation sites excluding steroid dienone is 1. The van der Waals surface area contributed by atoms with Crippen molar-refractivity contribution in [1.29, 1.82) is 0 Å². The molecule has 1 aromatic carbocycles. The number of hydrogen-bond donors (Lipinski definition) is 0. The Morgan fingerprint density at radius 2 is 1.90 bits per heavy atom. The molecule has 3 rings (SSSR count). The average molecular weight is 274 g/mol. The molecule has 1 fully saturated rings. The van der Waals surface area contributed by atoms with E-state index in [9.17, 15) is 9.59 Å². The van der Waals surface area contributed by atoms with Crippen LogP contribution in [0.5, 0.6) is 0 Å². The van der Waals surface area contributed by atoms with Gasteiger partial charge in [0, 0.05) is 6.92 Å². The first-order valence-corrected chi connectivity index (χ1v) is 6.33. The van der Waals surface area contributed by atoms with Crippen molar-refractivity contribution >= 4 is 11.8 Å². The van der Waals surface area contributed by atoms with Crippen molar-refractivity contribution in [3.8, 4) is 0 Å². The summed E-state index contributed by atoms with van der Waals surface area (Å²) in [6, 6.07) is 7.05. The van der Waals surface area contributed by atoms with Crippen LogP contribution < -0.4 is 0 Å². The number of rotatable bonds is 3. The minimum absolute atomic E-state index is 0.0536. The maximum atomic E-state index is 11.4. The van der Waals surface area contributed by atoms with Crippen LogP contribution in [0.1, 0.15) is 28.9 Å². The second-order valence-electron chi connectivity index (χ2n) is 4.82. The molecule has 0 aromatic heterocycles. The van der Waals surface area contributed by atoms with Gasteiger partial charge in [-0.1, -0.05) is 12.1 Å². The molecule has 0 unspecified atom stereocenters. The molecule has 0 bridgehead atoms. The number of carbonyl (C=O) groups is 2. The molecule has 0 radical (unpaired) electrons. The van der Waals surface area contributed by atoms with Crippen molar-refractivity contribution in [3.05, 3.63) is 47.2 Å². The van der Waals surface area contributed by atoms with Gasteiger partial charge in [-0.05, 0) is 23.8 Å². The lowest BCUT2D eigenvalue weighted by atomic mass is 9.90. The van der Waals surface area contributed by atoms with Crippen molar-refractivity contribution < 1.29 is 23.8 Å². The van der Waals surface area contributed by atoms with E-state index in [2.05, 4.69) is 4.74 Å². The summed E-state index contributed by atoms with van der Waals surface area (Å²) >= 11 is 0. The molecule has 1 aromatic rings. The topological polar surface area (TPSA) is 61.8 Å². The summed E-state index contributed by atoms with van der Waals surface area (Å²) in [4.78, 5) is 22.6. The van der Waals surface area contributed by atoms with Crippen LogP contribution >= 0.6 is 0 Å². The highest BCUT2D eigenvalue weighted by Crippen LogP contribution is 2.47. The largest absolute Gasteiger partial charge is 0.465 e. The number of ketones is 1. The molecule has 2 aliphatic heterocycles. The predicted octanol–water partition coefficient (Wildman–Crippen LogP) is 1.99. The smallest absolute Gasteiger partial charge is 0.337 e. The molecule has 2 heterocycles. The number of hydrogen-bond acceptors (Lipinski definition) is 5. The van der Waals surface area contributed by atoms with Crippen LogP contribution in [-0.2, 0) is 19.0 Å². The van der Waals surface area contributed by atoms with Crippen LogP contribution in [0.2, 0.25) is 0 Å². The number of ether oxygens (including phenoxy) is 3. The number of methoxy groups -OCH3 is 1. The van der Waals surface area contributed by atoms with Crippen molar-refractivity contribution in [1.82, 2.24) is 0 Å². The summed E-state index contributed by atoms with van der Waals surface area (Å²) in [5.74, 6) is -0.0405. The lowest BCUT2D eigenvalue weighted by Gasteiger charge is -2.38. The van der Waals surface area contributed by atoms with E-state index in [1.54, 1.807) is 12.1 Å². The van der Waals surface area contributed by atoms with Crippen molar-refractivity contribution in [2.75, 3.05) is 7.11 Å². The number of fused-ring (bicyclic) bond motifs is 1. The molecule has 0 saturated carbocycles. The fourth-order valence-corrected chi connectivity index (χ4v) is 2.42. The van der Waals surface area contributed by atoms with Gasteiger partial charge in [-0.3, -0.25) is 4.79 Å². The van der Waals surface area contributed by atoms with Gasteiger partial charge in [-0.15, -0.1) is 0 Å². The molecule has 0 N–H and O–H groups in total. The zero-order valence-electron chi connectivity index (χ0n) is 11.2. The fourth-order valence-electron chi connectivity index (χ4n) is 2.42. The van der Waals surface area contributed by atoms with Crippen LogP contribution in [0.4, 0.5) is 0 Å². The first-order valence-electron chi connectivity index (χ1n) is 6.33. The average Bonchev–Trinajstić information content (AvgIpc) is 2.77. The lowest BCUT2D eigenvalue weighted by molar-refractivity contribution is -0.261. The summed E-state index contributed by atoms with van der Waals surface area (Å²) in [6.07, 6.45) is 1.32. The second kappa shape index (κ2) is 4.76. The molecule has 3 atom stereocenters. The van der Waals surface area contributed by atoms with Crippen LogP contribution in [0.3, 0.4) is 0 Å². The fraction of sp³-hybridized carbons (Fsp3) is 0.333. The van der Waals surface area contributed by atoms with E-state index in [-0.39, 0.29) is 30.1 Å². The molecule has 0 aliphatic carbocycles. The van der Waals surface area contributed by atoms with Crippen molar-refractivity contribution in [2.45, 2.75) is 19.3 Å². The van der Waals surface area contributed by atoms with Crippen LogP contribution in [0, 0.1) is 5.92 Å². The van der Waals surface area contributed by atoms with Gasteiger partial charge in [0.25, 0.3) is 0 Å². The molecule has 20 heavy (non-hydrogen) atoms. The van der Waals surface area contributed by atoms with E-state index in [0.29, 0.717) is 11.3 Å². The highest BCUT2D eigenvalue weighted by molar-refractivity contribution is 5.91. The summed E-state index contributed by atoms with van der Waals surface area (Å²) in [6.45, 7) is 1.47. The third-order valence-corrected chi connectivity index (χ3v) is 3.54. The van der Waals surface area contributed by atoms with Gasteiger partial charge in [0.1, 0.15) is 0 Å². The van der Waals surface area contributed by atoms with Gasteiger partial charge in [0.2, 0.25) is 6.29 Å². The maximum absolute atomic E-state index is 11.4. The molecule has 0 spiro atoms. The summed E-state index contributed by atoms with van der Waals surface area (Å²) in [5.41, 5.74) is 1.44. The van der Waals surface area contributed by atoms with Gasteiger partial charge >= 0.3 is 5.97 Å². The Bertz CT molecular complexity index is 587. The Morgan fingerprint density at radius 1 is 1.20 bits per heavy atom. The molecular weight excluding hydrogens is 260 g/mol. The summed E-state index contributed by atoms with van der Waals surface area (Å²) < 4.78 is 15.6. The third kappa shape index (κ3) is 2.00. The van der Waals surface area contributed by atoms with E-state index in [1.807, 2.05) is 18.2 Å². The lowest BCUT2D eigenvalue weighted by Crippen LogP contribution is -2.39. The Labute approximate surface area is 116 Å². The molecule has 1 saturated heterocycles. The molecule has 0 amide bonds. The highest BCUT2D eigenvalue weighted by Gasteiger charge is 2.48. The Kier molecular flexibility index (Phi) is 3.06. The van der Waals surface area contributed by atoms with Crippen LogP contribution in [-0.4, -0.2) is 25.2 Å². The minimum atomic E-state index is -0.369. The summed E-state index contributed by atoms with van der Waals surface area (Å²) in [5, 5.41) is 0. The second-order valence-corrected chi connectivity index (χ2v) is 4.82. The zero-order chi connectivity index (χ0) is 14.3. The van der Waals surface area contributed by atoms with Crippen molar-refractivity contribution in [3.63, 3.8) is 0 Å². The van der Waals surface area contributed by atoms with E-state index in [0.717, 1.165) is 5.56 Å². The Hall–Kier alpha value is -2.14. The van der Waals surface area contributed by atoms with E-state index in [4.69, 9.17) is 9.47 Å². The van der Waals surface area contributed by atoms with E-state index in [1.165, 1.54) is 14.0 Å².